The lowest BCUT2D eigenvalue weighted by Gasteiger charge is -2.18. The smallest absolute Gasteiger partial charge is 0.308 e. The minimum atomic E-state index is -1.08. The Labute approximate surface area is 166 Å². The lowest BCUT2D eigenvalue weighted by Crippen LogP contribution is -2.35. The summed E-state index contributed by atoms with van der Waals surface area (Å²) in [5.41, 5.74) is -2.15. The summed E-state index contributed by atoms with van der Waals surface area (Å²) in [7, 11) is 2.55. The highest BCUT2D eigenvalue weighted by atomic mass is 32.1. The van der Waals surface area contributed by atoms with Crippen molar-refractivity contribution in [1.29, 1.82) is 0 Å². The molecule has 0 aliphatic heterocycles. The normalized spacial score (nSPS) is 13.0. The summed E-state index contributed by atoms with van der Waals surface area (Å²) in [6.45, 7) is 9.21. The molecular weight excluding hydrogens is 380 g/mol. The SMILES string of the molecule is COC(=O)C(C)CC(C)(C)[N+](=O)[O-].COC(=O)[C@@H](C)CC(C)(C)[N+](=O)[O-].S. The van der Waals surface area contributed by atoms with Gasteiger partial charge in [0, 0.05) is 50.4 Å². The molecule has 0 heterocycles. The average molecular weight is 413 g/mol. The number of carbonyl (C=O) groups is 2. The summed E-state index contributed by atoms with van der Waals surface area (Å²) >= 11 is 0. The molecule has 27 heavy (non-hydrogen) atoms. The van der Waals surface area contributed by atoms with E-state index in [9.17, 15) is 29.8 Å². The Balaban J connectivity index is -0.000000411. The average Bonchev–Trinajstić information content (AvgIpc) is 2.52. The fraction of sp³-hybridized carbons (Fsp3) is 0.875. The van der Waals surface area contributed by atoms with Crippen LogP contribution in [0, 0.1) is 32.1 Å². The number of esters is 2. The van der Waals surface area contributed by atoms with Crippen molar-refractivity contribution in [2.24, 2.45) is 11.8 Å². The number of methoxy groups -OCH3 is 2. The van der Waals surface area contributed by atoms with Gasteiger partial charge in [-0.15, -0.1) is 0 Å². The zero-order valence-electron chi connectivity index (χ0n) is 17.2. The molecule has 0 amide bonds. The number of ether oxygens (including phenoxy) is 2. The zero-order valence-corrected chi connectivity index (χ0v) is 18.2. The number of carbonyl (C=O) groups excluding carboxylic acids is 2. The molecule has 0 radical (unpaired) electrons. The van der Waals surface area contributed by atoms with Gasteiger partial charge in [-0.1, -0.05) is 13.8 Å². The molecule has 0 saturated carbocycles. The van der Waals surface area contributed by atoms with Gasteiger partial charge in [0.15, 0.2) is 0 Å². The lowest BCUT2D eigenvalue weighted by molar-refractivity contribution is -0.562. The van der Waals surface area contributed by atoms with Gasteiger partial charge < -0.3 is 9.47 Å². The van der Waals surface area contributed by atoms with Crippen LogP contribution in [0.5, 0.6) is 0 Å². The van der Waals surface area contributed by atoms with Gasteiger partial charge in [0.1, 0.15) is 0 Å². The first-order valence-electron chi connectivity index (χ1n) is 8.07. The van der Waals surface area contributed by atoms with Crippen LogP contribution in [-0.2, 0) is 19.1 Å². The fourth-order valence-corrected chi connectivity index (χ4v) is 2.22. The minimum absolute atomic E-state index is 0. The molecule has 11 heteroatoms. The number of hydrogen-bond donors (Lipinski definition) is 0. The van der Waals surface area contributed by atoms with Crippen LogP contribution in [0.2, 0.25) is 0 Å². The van der Waals surface area contributed by atoms with Gasteiger partial charge in [-0.2, -0.15) is 13.5 Å². The Hall–Kier alpha value is -1.91. The third-order valence-corrected chi connectivity index (χ3v) is 3.81. The molecule has 0 aliphatic carbocycles. The van der Waals surface area contributed by atoms with Gasteiger partial charge in [-0.25, -0.2) is 0 Å². The summed E-state index contributed by atoms with van der Waals surface area (Å²) in [4.78, 5) is 42.2. The summed E-state index contributed by atoms with van der Waals surface area (Å²) in [5, 5.41) is 21.0. The van der Waals surface area contributed by atoms with Crippen LogP contribution in [0.25, 0.3) is 0 Å². The van der Waals surface area contributed by atoms with Crippen molar-refractivity contribution in [3.63, 3.8) is 0 Å². The van der Waals surface area contributed by atoms with Crippen LogP contribution in [0.4, 0.5) is 0 Å². The highest BCUT2D eigenvalue weighted by molar-refractivity contribution is 7.59. The van der Waals surface area contributed by atoms with Gasteiger partial charge in [0.2, 0.25) is 11.1 Å². The maximum absolute atomic E-state index is 11.0. The summed E-state index contributed by atoms with van der Waals surface area (Å²) in [6.07, 6.45) is 0.374. The third kappa shape index (κ3) is 11.4. The Morgan fingerprint density at radius 3 is 1.19 bits per heavy atom. The van der Waals surface area contributed by atoms with E-state index in [1.165, 1.54) is 41.9 Å². The Kier molecular flexibility index (Phi) is 13.8. The molecule has 0 saturated heterocycles. The molecule has 10 nitrogen and oxygen atoms in total. The summed E-state index contributed by atoms with van der Waals surface area (Å²) < 4.78 is 8.95. The van der Waals surface area contributed by atoms with Crippen LogP contribution in [0.15, 0.2) is 0 Å². The molecule has 0 aromatic heterocycles. The number of rotatable bonds is 8. The van der Waals surface area contributed by atoms with E-state index < -0.39 is 34.9 Å². The monoisotopic (exact) mass is 412 g/mol. The van der Waals surface area contributed by atoms with E-state index >= 15 is 0 Å². The van der Waals surface area contributed by atoms with Crippen LogP contribution < -0.4 is 0 Å². The van der Waals surface area contributed by atoms with E-state index in [0.717, 1.165) is 0 Å². The lowest BCUT2D eigenvalue weighted by atomic mass is 9.92. The molecule has 0 N–H and O–H groups in total. The number of hydrogen-bond acceptors (Lipinski definition) is 8. The summed E-state index contributed by atoms with van der Waals surface area (Å²) in [6, 6.07) is 0. The highest BCUT2D eigenvalue weighted by Crippen LogP contribution is 2.21. The maximum atomic E-state index is 11.0. The molecule has 0 bridgehead atoms. The molecule has 0 aromatic rings. The first-order valence-corrected chi connectivity index (χ1v) is 8.07. The van der Waals surface area contributed by atoms with Crippen molar-refractivity contribution >= 4 is 25.4 Å². The molecule has 0 aliphatic rings. The van der Waals surface area contributed by atoms with Crippen molar-refractivity contribution in [2.45, 2.75) is 65.5 Å². The van der Waals surface area contributed by atoms with Crippen molar-refractivity contribution < 1.29 is 28.9 Å². The van der Waals surface area contributed by atoms with Crippen LogP contribution in [-0.4, -0.2) is 47.1 Å². The van der Waals surface area contributed by atoms with Crippen molar-refractivity contribution in [3.05, 3.63) is 20.2 Å². The standard InChI is InChI=1S/2C8H15NO4.H2S/c2*1-6(7(10)13-4)5-8(2,3)9(11)12;/h2*6H,5H2,1-4H3;1H2/t6-;;/m0../s1. The van der Waals surface area contributed by atoms with Crippen LogP contribution in [0.1, 0.15) is 54.4 Å². The van der Waals surface area contributed by atoms with Gasteiger partial charge >= 0.3 is 11.9 Å². The van der Waals surface area contributed by atoms with E-state index in [1.807, 2.05) is 0 Å². The predicted molar refractivity (Wildman–Crippen MR) is 104 cm³/mol. The maximum Gasteiger partial charge on any atom is 0.308 e. The van der Waals surface area contributed by atoms with Gasteiger partial charge in [0.25, 0.3) is 0 Å². The van der Waals surface area contributed by atoms with Crippen LogP contribution in [0.3, 0.4) is 0 Å². The number of nitro groups is 2. The largest absolute Gasteiger partial charge is 0.469 e. The van der Waals surface area contributed by atoms with Crippen LogP contribution >= 0.6 is 13.5 Å². The fourth-order valence-electron chi connectivity index (χ4n) is 2.22. The molecular formula is C16H32N2O8S. The Morgan fingerprint density at radius 2 is 1.04 bits per heavy atom. The second-order valence-electron chi connectivity index (χ2n) is 7.40. The van der Waals surface area contributed by atoms with E-state index in [1.54, 1.807) is 13.8 Å². The van der Waals surface area contributed by atoms with E-state index in [4.69, 9.17) is 0 Å². The predicted octanol–water partition coefficient (Wildman–Crippen LogP) is 2.59. The highest BCUT2D eigenvalue weighted by Gasteiger charge is 2.36. The topological polar surface area (TPSA) is 139 Å². The van der Waals surface area contributed by atoms with Crippen molar-refractivity contribution in [1.82, 2.24) is 0 Å². The molecule has 0 rings (SSSR count). The number of nitrogens with zero attached hydrogens (tertiary/aromatic N) is 2. The first-order chi connectivity index (χ1) is 11.6. The van der Waals surface area contributed by atoms with Crippen molar-refractivity contribution in [3.8, 4) is 0 Å². The second-order valence-corrected chi connectivity index (χ2v) is 7.40. The Morgan fingerprint density at radius 1 is 0.815 bits per heavy atom. The van der Waals surface area contributed by atoms with E-state index in [2.05, 4.69) is 9.47 Å². The molecule has 2 atom stereocenters. The molecule has 0 spiro atoms. The third-order valence-electron chi connectivity index (χ3n) is 3.81. The van der Waals surface area contributed by atoms with Gasteiger partial charge in [0.05, 0.1) is 26.1 Å². The van der Waals surface area contributed by atoms with E-state index in [-0.39, 0.29) is 36.2 Å². The molecule has 0 fully saturated rings. The van der Waals surface area contributed by atoms with Gasteiger partial charge in [-0.3, -0.25) is 29.8 Å². The second kappa shape index (κ2) is 12.5. The van der Waals surface area contributed by atoms with Gasteiger partial charge in [-0.05, 0) is 0 Å². The zero-order chi connectivity index (χ0) is 21.3. The Bertz CT molecular complexity index is 477. The van der Waals surface area contributed by atoms with E-state index in [0.29, 0.717) is 0 Å². The molecule has 160 valence electrons. The first kappa shape index (κ1) is 29.8. The quantitative estimate of drug-likeness (QED) is 0.337. The molecule has 0 aromatic carbocycles. The van der Waals surface area contributed by atoms with Crippen molar-refractivity contribution in [2.75, 3.05) is 14.2 Å². The minimum Gasteiger partial charge on any atom is -0.469 e. The molecule has 1 unspecified atom stereocenters. The summed E-state index contributed by atoms with van der Waals surface area (Å²) in [5.74, 6) is -1.69.